The summed E-state index contributed by atoms with van der Waals surface area (Å²) in [6, 6.07) is 13.7. The van der Waals surface area contributed by atoms with Gasteiger partial charge in [-0.15, -0.1) is 0 Å². The largest absolute Gasteiger partial charge is 0.482 e. The predicted molar refractivity (Wildman–Crippen MR) is 89.5 cm³/mol. The van der Waals surface area contributed by atoms with Crippen molar-refractivity contribution in [3.63, 3.8) is 0 Å². The molecule has 0 bridgehead atoms. The van der Waals surface area contributed by atoms with Gasteiger partial charge in [-0.1, -0.05) is 41.4 Å². The van der Waals surface area contributed by atoms with E-state index in [0.717, 1.165) is 5.56 Å². The third-order valence-corrected chi connectivity index (χ3v) is 3.44. The summed E-state index contributed by atoms with van der Waals surface area (Å²) in [5.41, 5.74) is 1.74. The Kier molecular flexibility index (Phi) is 5.64. The summed E-state index contributed by atoms with van der Waals surface area (Å²) in [6.45, 7) is -0.404. The molecule has 2 aromatic rings. The first-order chi connectivity index (χ1) is 11.0. The SMILES string of the molecule is N#C/C(=C\c1ccc(OCC(=O)O)cc1)c1ccc(Cl)cc1Cl. The minimum absolute atomic E-state index is 0.394. The number of hydrogen-bond donors (Lipinski definition) is 1. The van der Waals surface area contributed by atoms with E-state index >= 15 is 0 Å². The van der Waals surface area contributed by atoms with Crippen molar-refractivity contribution >= 4 is 40.8 Å². The number of halogens is 2. The molecule has 0 atom stereocenters. The summed E-state index contributed by atoms with van der Waals surface area (Å²) in [5, 5.41) is 18.8. The van der Waals surface area contributed by atoms with Crippen molar-refractivity contribution in [2.75, 3.05) is 6.61 Å². The summed E-state index contributed by atoms with van der Waals surface area (Å²) in [7, 11) is 0. The first kappa shape index (κ1) is 16.9. The number of carbonyl (C=O) groups is 1. The number of rotatable bonds is 5. The fourth-order valence-electron chi connectivity index (χ4n) is 1.85. The van der Waals surface area contributed by atoms with Crippen LogP contribution in [0.15, 0.2) is 42.5 Å². The Bertz CT molecular complexity index is 792. The van der Waals surface area contributed by atoms with E-state index < -0.39 is 12.6 Å². The summed E-state index contributed by atoms with van der Waals surface area (Å²) in [6.07, 6.45) is 1.68. The van der Waals surface area contributed by atoms with Gasteiger partial charge in [0.2, 0.25) is 0 Å². The molecule has 1 N–H and O–H groups in total. The zero-order valence-corrected chi connectivity index (χ0v) is 13.3. The fourth-order valence-corrected chi connectivity index (χ4v) is 2.36. The van der Waals surface area contributed by atoms with E-state index in [1.165, 1.54) is 0 Å². The number of carboxylic acid groups (broad SMARTS) is 1. The Morgan fingerprint density at radius 3 is 2.48 bits per heavy atom. The van der Waals surface area contributed by atoms with Crippen molar-refractivity contribution in [1.82, 2.24) is 0 Å². The van der Waals surface area contributed by atoms with Gasteiger partial charge < -0.3 is 9.84 Å². The van der Waals surface area contributed by atoms with Crippen molar-refractivity contribution in [1.29, 1.82) is 5.26 Å². The van der Waals surface area contributed by atoms with E-state index in [-0.39, 0.29) is 0 Å². The van der Waals surface area contributed by atoms with Crippen LogP contribution in [0.2, 0.25) is 10.0 Å². The van der Waals surface area contributed by atoms with Gasteiger partial charge in [0, 0.05) is 10.6 Å². The predicted octanol–water partition coefficient (Wildman–Crippen LogP) is 4.52. The molecule has 0 aliphatic carbocycles. The van der Waals surface area contributed by atoms with E-state index in [4.69, 9.17) is 33.0 Å². The van der Waals surface area contributed by atoms with E-state index in [1.807, 2.05) is 0 Å². The number of aliphatic carboxylic acids is 1. The van der Waals surface area contributed by atoms with Gasteiger partial charge >= 0.3 is 5.97 Å². The molecule has 0 fully saturated rings. The van der Waals surface area contributed by atoms with Crippen LogP contribution in [0, 0.1) is 11.3 Å². The van der Waals surface area contributed by atoms with Gasteiger partial charge in [0.25, 0.3) is 0 Å². The van der Waals surface area contributed by atoms with Gasteiger partial charge in [0.1, 0.15) is 5.75 Å². The molecule has 0 unspecified atom stereocenters. The molecule has 23 heavy (non-hydrogen) atoms. The number of nitriles is 1. The summed E-state index contributed by atoms with van der Waals surface area (Å²) in [4.78, 5) is 10.4. The summed E-state index contributed by atoms with van der Waals surface area (Å²) in [5.74, 6) is -0.606. The van der Waals surface area contributed by atoms with Crippen LogP contribution in [0.4, 0.5) is 0 Å². The van der Waals surface area contributed by atoms with Crippen LogP contribution in [-0.4, -0.2) is 17.7 Å². The van der Waals surface area contributed by atoms with Gasteiger partial charge in [-0.3, -0.25) is 0 Å². The molecule has 0 amide bonds. The average molecular weight is 348 g/mol. The lowest BCUT2D eigenvalue weighted by atomic mass is 10.0. The Morgan fingerprint density at radius 2 is 1.91 bits per heavy atom. The van der Waals surface area contributed by atoms with Gasteiger partial charge in [-0.25, -0.2) is 4.79 Å². The highest BCUT2D eigenvalue weighted by Crippen LogP contribution is 2.28. The zero-order chi connectivity index (χ0) is 16.8. The van der Waals surface area contributed by atoms with Crippen LogP contribution in [0.25, 0.3) is 11.6 Å². The lowest BCUT2D eigenvalue weighted by molar-refractivity contribution is -0.139. The van der Waals surface area contributed by atoms with Crippen LogP contribution in [-0.2, 0) is 4.79 Å². The Morgan fingerprint density at radius 1 is 1.22 bits per heavy atom. The second-order valence-electron chi connectivity index (χ2n) is 4.55. The van der Waals surface area contributed by atoms with Crippen molar-refractivity contribution in [3.05, 3.63) is 63.6 Å². The number of benzene rings is 2. The molecule has 116 valence electrons. The Hall–Kier alpha value is -2.48. The van der Waals surface area contributed by atoms with Crippen LogP contribution in [0.3, 0.4) is 0 Å². The maximum atomic E-state index is 10.4. The highest BCUT2D eigenvalue weighted by Gasteiger charge is 2.07. The Balaban J connectivity index is 2.24. The van der Waals surface area contributed by atoms with E-state index in [2.05, 4.69) is 6.07 Å². The molecule has 4 nitrogen and oxygen atoms in total. The van der Waals surface area contributed by atoms with Gasteiger partial charge in [-0.2, -0.15) is 5.26 Å². The van der Waals surface area contributed by atoms with Crippen molar-refractivity contribution < 1.29 is 14.6 Å². The molecular formula is C17H11Cl2NO3. The number of nitrogens with zero attached hydrogens (tertiary/aromatic N) is 1. The maximum Gasteiger partial charge on any atom is 0.341 e. The second kappa shape index (κ2) is 7.68. The zero-order valence-electron chi connectivity index (χ0n) is 11.8. The smallest absolute Gasteiger partial charge is 0.341 e. The van der Waals surface area contributed by atoms with Crippen molar-refractivity contribution in [2.45, 2.75) is 0 Å². The number of carboxylic acids is 1. The van der Waals surface area contributed by atoms with E-state index in [9.17, 15) is 10.1 Å². The van der Waals surface area contributed by atoms with Gasteiger partial charge in [0.15, 0.2) is 6.61 Å². The summed E-state index contributed by atoms with van der Waals surface area (Å²) >= 11 is 12.0. The summed E-state index contributed by atoms with van der Waals surface area (Å²) < 4.78 is 5.05. The topological polar surface area (TPSA) is 70.3 Å². The highest BCUT2D eigenvalue weighted by molar-refractivity contribution is 6.36. The standard InChI is InChI=1S/C17H11Cl2NO3/c18-13-3-6-15(16(19)8-13)12(9-20)7-11-1-4-14(5-2-11)23-10-17(21)22/h1-8H,10H2,(H,21,22)/b12-7+. The molecule has 0 radical (unpaired) electrons. The third kappa shape index (κ3) is 4.75. The minimum atomic E-state index is -1.04. The minimum Gasteiger partial charge on any atom is -0.482 e. The van der Waals surface area contributed by atoms with Crippen LogP contribution in [0.1, 0.15) is 11.1 Å². The molecule has 0 saturated heterocycles. The first-order valence-electron chi connectivity index (χ1n) is 6.51. The molecule has 0 spiro atoms. The monoisotopic (exact) mass is 347 g/mol. The first-order valence-corrected chi connectivity index (χ1v) is 7.27. The normalized spacial score (nSPS) is 10.9. The molecule has 6 heteroatoms. The third-order valence-electron chi connectivity index (χ3n) is 2.90. The molecule has 0 heterocycles. The molecular weight excluding hydrogens is 337 g/mol. The number of allylic oxidation sites excluding steroid dienone is 1. The van der Waals surface area contributed by atoms with Crippen LogP contribution < -0.4 is 4.74 Å². The average Bonchev–Trinajstić information content (AvgIpc) is 2.52. The molecule has 0 aliphatic rings. The molecule has 0 aromatic heterocycles. The lowest BCUT2D eigenvalue weighted by Gasteiger charge is -2.05. The number of ether oxygens (including phenoxy) is 1. The molecule has 2 aromatic carbocycles. The fraction of sp³-hybridized carbons (Fsp3) is 0.0588. The Labute approximate surface area is 143 Å². The van der Waals surface area contributed by atoms with Gasteiger partial charge in [-0.05, 0) is 35.9 Å². The van der Waals surface area contributed by atoms with Crippen molar-refractivity contribution in [3.8, 4) is 11.8 Å². The quantitative estimate of drug-likeness (QED) is 0.637. The lowest BCUT2D eigenvalue weighted by Crippen LogP contribution is -2.09. The van der Waals surface area contributed by atoms with Crippen LogP contribution in [0.5, 0.6) is 5.75 Å². The van der Waals surface area contributed by atoms with E-state index in [0.29, 0.717) is 26.9 Å². The molecule has 0 saturated carbocycles. The maximum absolute atomic E-state index is 10.4. The van der Waals surface area contributed by atoms with Crippen molar-refractivity contribution in [2.24, 2.45) is 0 Å². The number of hydrogen-bond acceptors (Lipinski definition) is 3. The molecule has 0 aliphatic heterocycles. The highest BCUT2D eigenvalue weighted by atomic mass is 35.5. The molecule has 2 rings (SSSR count). The second-order valence-corrected chi connectivity index (χ2v) is 5.39. The van der Waals surface area contributed by atoms with E-state index in [1.54, 1.807) is 48.5 Å². The van der Waals surface area contributed by atoms with Crippen LogP contribution >= 0.6 is 23.2 Å². The van der Waals surface area contributed by atoms with Gasteiger partial charge in [0.05, 0.1) is 16.7 Å².